The van der Waals surface area contributed by atoms with E-state index < -0.39 is 0 Å². The van der Waals surface area contributed by atoms with E-state index in [1.807, 2.05) is 6.07 Å². The zero-order chi connectivity index (χ0) is 13.8. The number of morpholine rings is 1. The maximum absolute atomic E-state index is 5.87. The Morgan fingerprint density at radius 1 is 1.30 bits per heavy atom. The molecule has 0 bridgehead atoms. The lowest BCUT2D eigenvalue weighted by molar-refractivity contribution is 0.122. The highest BCUT2D eigenvalue weighted by atomic mass is 16.5. The summed E-state index contributed by atoms with van der Waals surface area (Å²) in [5.74, 6) is 1.11. The Morgan fingerprint density at radius 3 is 2.90 bits per heavy atom. The minimum absolute atomic E-state index is 0.402. The second-order valence-corrected chi connectivity index (χ2v) is 4.32. The zero-order valence-corrected chi connectivity index (χ0v) is 10.9. The van der Waals surface area contributed by atoms with Gasteiger partial charge in [-0.3, -0.25) is 10.1 Å². The standard InChI is InChI=1S/C12H15N7O/c13-11-10(16-15-9-2-1-3-14-8-9)12(18-17-11)19-4-6-20-7-5-19/h1-3,8H,4-7H2,(H3,13,17,18). The third-order valence-corrected chi connectivity index (χ3v) is 2.97. The molecule has 0 aromatic carbocycles. The molecule has 104 valence electrons. The summed E-state index contributed by atoms with van der Waals surface area (Å²) in [7, 11) is 0. The lowest BCUT2D eigenvalue weighted by atomic mass is 10.4. The predicted octanol–water partition coefficient (Wildman–Crippen LogP) is 1.64. The van der Waals surface area contributed by atoms with Gasteiger partial charge in [0.15, 0.2) is 11.5 Å². The summed E-state index contributed by atoms with van der Waals surface area (Å²) in [5.41, 5.74) is 7.09. The number of nitrogens with zero attached hydrogens (tertiary/aromatic N) is 5. The van der Waals surface area contributed by atoms with Crippen molar-refractivity contribution in [1.29, 1.82) is 0 Å². The molecule has 0 saturated carbocycles. The van der Waals surface area contributed by atoms with Crippen LogP contribution < -0.4 is 10.6 Å². The molecule has 0 aliphatic carbocycles. The highest BCUT2D eigenvalue weighted by molar-refractivity contribution is 5.73. The van der Waals surface area contributed by atoms with Crippen molar-refractivity contribution < 1.29 is 4.74 Å². The maximum Gasteiger partial charge on any atom is 0.180 e. The third kappa shape index (κ3) is 2.59. The lowest BCUT2D eigenvalue weighted by Gasteiger charge is -2.26. The van der Waals surface area contributed by atoms with Gasteiger partial charge in [-0.05, 0) is 12.1 Å². The molecular formula is C12H15N7O. The summed E-state index contributed by atoms with van der Waals surface area (Å²) in [6.45, 7) is 2.87. The van der Waals surface area contributed by atoms with E-state index in [4.69, 9.17) is 10.5 Å². The number of azo groups is 1. The van der Waals surface area contributed by atoms with Gasteiger partial charge in [0.25, 0.3) is 0 Å². The van der Waals surface area contributed by atoms with Gasteiger partial charge in [-0.25, -0.2) is 0 Å². The van der Waals surface area contributed by atoms with E-state index in [1.54, 1.807) is 18.5 Å². The van der Waals surface area contributed by atoms with Gasteiger partial charge in [-0.15, -0.1) is 10.2 Å². The van der Waals surface area contributed by atoms with Gasteiger partial charge in [0.1, 0.15) is 11.5 Å². The molecule has 8 nitrogen and oxygen atoms in total. The smallest absolute Gasteiger partial charge is 0.180 e. The second-order valence-electron chi connectivity index (χ2n) is 4.32. The highest BCUT2D eigenvalue weighted by Crippen LogP contribution is 2.33. The van der Waals surface area contributed by atoms with Gasteiger partial charge in [-0.2, -0.15) is 5.10 Å². The zero-order valence-electron chi connectivity index (χ0n) is 10.9. The third-order valence-electron chi connectivity index (χ3n) is 2.97. The molecule has 0 spiro atoms. The Kier molecular flexibility index (Phi) is 3.55. The molecule has 3 N–H and O–H groups in total. The Labute approximate surface area is 115 Å². The first-order valence-electron chi connectivity index (χ1n) is 6.33. The Balaban J connectivity index is 1.85. The van der Waals surface area contributed by atoms with Crippen molar-refractivity contribution >= 4 is 23.0 Å². The van der Waals surface area contributed by atoms with Crippen molar-refractivity contribution in [2.24, 2.45) is 10.2 Å². The van der Waals surface area contributed by atoms with E-state index in [1.165, 1.54) is 0 Å². The molecule has 0 amide bonds. The summed E-state index contributed by atoms with van der Waals surface area (Å²) >= 11 is 0. The van der Waals surface area contributed by atoms with E-state index in [9.17, 15) is 0 Å². The topological polar surface area (TPSA) is 105 Å². The molecule has 1 fully saturated rings. The molecular weight excluding hydrogens is 258 g/mol. The number of rotatable bonds is 3. The number of H-pyrrole nitrogens is 1. The molecule has 2 aromatic heterocycles. The van der Waals surface area contributed by atoms with Crippen LogP contribution in [-0.2, 0) is 4.74 Å². The molecule has 3 heterocycles. The summed E-state index contributed by atoms with van der Waals surface area (Å²) in [6, 6.07) is 3.62. The maximum atomic E-state index is 5.87. The molecule has 1 aliphatic rings. The van der Waals surface area contributed by atoms with E-state index in [-0.39, 0.29) is 0 Å². The second kappa shape index (κ2) is 5.66. The van der Waals surface area contributed by atoms with Crippen molar-refractivity contribution in [3.8, 4) is 0 Å². The fourth-order valence-electron chi connectivity index (χ4n) is 1.95. The van der Waals surface area contributed by atoms with Gasteiger partial charge in [0.2, 0.25) is 0 Å². The Bertz CT molecular complexity index is 589. The van der Waals surface area contributed by atoms with Crippen LogP contribution in [-0.4, -0.2) is 41.5 Å². The SMILES string of the molecule is Nc1[nH]nc(N2CCOCC2)c1N=Nc1cccnc1. The number of nitrogens with two attached hydrogens (primary N) is 1. The normalized spacial score (nSPS) is 15.9. The van der Waals surface area contributed by atoms with Gasteiger partial charge < -0.3 is 15.4 Å². The van der Waals surface area contributed by atoms with Crippen molar-refractivity contribution in [2.45, 2.75) is 0 Å². The van der Waals surface area contributed by atoms with E-state index >= 15 is 0 Å². The monoisotopic (exact) mass is 273 g/mol. The van der Waals surface area contributed by atoms with Crippen LogP contribution in [0.5, 0.6) is 0 Å². The number of aromatic nitrogens is 3. The summed E-state index contributed by atoms with van der Waals surface area (Å²) in [4.78, 5) is 6.06. The first-order valence-corrected chi connectivity index (χ1v) is 6.33. The van der Waals surface area contributed by atoms with Crippen molar-refractivity contribution in [3.05, 3.63) is 24.5 Å². The molecule has 3 rings (SSSR count). The van der Waals surface area contributed by atoms with Crippen molar-refractivity contribution in [3.63, 3.8) is 0 Å². The molecule has 8 heteroatoms. The van der Waals surface area contributed by atoms with Crippen LogP contribution in [0.4, 0.5) is 23.0 Å². The number of aromatic amines is 1. The minimum Gasteiger partial charge on any atom is -0.382 e. The molecule has 1 aliphatic heterocycles. The Morgan fingerprint density at radius 2 is 2.15 bits per heavy atom. The van der Waals surface area contributed by atoms with Crippen LogP contribution in [0.3, 0.4) is 0 Å². The van der Waals surface area contributed by atoms with Gasteiger partial charge >= 0.3 is 0 Å². The largest absolute Gasteiger partial charge is 0.382 e. The average Bonchev–Trinajstić information content (AvgIpc) is 2.88. The lowest BCUT2D eigenvalue weighted by Crippen LogP contribution is -2.36. The fourth-order valence-corrected chi connectivity index (χ4v) is 1.95. The van der Waals surface area contributed by atoms with E-state index in [0.717, 1.165) is 13.1 Å². The van der Waals surface area contributed by atoms with E-state index in [2.05, 4.69) is 30.3 Å². The number of hydrogen-bond donors (Lipinski definition) is 2. The van der Waals surface area contributed by atoms with Crippen molar-refractivity contribution in [2.75, 3.05) is 36.9 Å². The molecule has 0 atom stereocenters. The first kappa shape index (κ1) is 12.5. The molecule has 0 radical (unpaired) electrons. The van der Waals surface area contributed by atoms with Crippen molar-refractivity contribution in [1.82, 2.24) is 15.2 Å². The van der Waals surface area contributed by atoms with Gasteiger partial charge in [-0.1, -0.05) is 0 Å². The number of nitrogen functional groups attached to an aromatic ring is 1. The minimum atomic E-state index is 0.402. The van der Waals surface area contributed by atoms with Crippen LogP contribution in [0.15, 0.2) is 34.8 Å². The quantitative estimate of drug-likeness (QED) is 0.827. The fraction of sp³-hybridized carbons (Fsp3) is 0.333. The van der Waals surface area contributed by atoms with Crippen LogP contribution in [0.25, 0.3) is 0 Å². The Hall–Kier alpha value is -2.48. The molecule has 2 aromatic rings. The average molecular weight is 273 g/mol. The molecule has 20 heavy (non-hydrogen) atoms. The molecule has 1 saturated heterocycles. The van der Waals surface area contributed by atoms with Crippen LogP contribution >= 0.6 is 0 Å². The van der Waals surface area contributed by atoms with Crippen LogP contribution in [0.1, 0.15) is 0 Å². The van der Waals surface area contributed by atoms with E-state index in [0.29, 0.717) is 36.2 Å². The summed E-state index contributed by atoms with van der Waals surface area (Å²) in [6.07, 6.45) is 3.32. The molecule has 0 unspecified atom stereocenters. The summed E-state index contributed by atoms with van der Waals surface area (Å²) < 4.78 is 5.32. The number of nitrogens with one attached hydrogen (secondary N) is 1. The van der Waals surface area contributed by atoms with Gasteiger partial charge in [0.05, 0.1) is 19.4 Å². The number of pyridine rings is 1. The van der Waals surface area contributed by atoms with Crippen LogP contribution in [0, 0.1) is 0 Å². The summed E-state index contributed by atoms with van der Waals surface area (Å²) in [5, 5.41) is 15.3. The number of hydrogen-bond acceptors (Lipinski definition) is 7. The number of ether oxygens (including phenoxy) is 1. The van der Waals surface area contributed by atoms with Gasteiger partial charge in [0, 0.05) is 19.3 Å². The predicted molar refractivity (Wildman–Crippen MR) is 74.4 cm³/mol. The number of anilines is 2. The first-order chi connectivity index (χ1) is 9.84. The highest BCUT2D eigenvalue weighted by Gasteiger charge is 2.19. The van der Waals surface area contributed by atoms with Crippen LogP contribution in [0.2, 0.25) is 0 Å².